The molecule has 1 unspecified atom stereocenters. The number of methoxy groups -OCH3 is 1. The molecule has 0 amide bonds. The Morgan fingerprint density at radius 1 is 1.32 bits per heavy atom. The molecule has 1 heterocycles. The maximum absolute atomic E-state index is 9.63. The zero-order valence-electron chi connectivity index (χ0n) is 12.1. The standard InChI is InChI=1S/C15H24N2O2/c1-10-13(11(2)18)9-16-15(17-10)14(19-3)12-7-5-4-6-8-12/h9,11-12,14,18H,4-8H2,1-3H3/t11-,14?/m0/s1. The van der Waals surface area contributed by atoms with Crippen molar-refractivity contribution in [3.63, 3.8) is 0 Å². The van der Waals surface area contributed by atoms with Crippen LogP contribution in [-0.2, 0) is 4.74 Å². The smallest absolute Gasteiger partial charge is 0.157 e. The second-order valence-corrected chi connectivity index (χ2v) is 5.50. The van der Waals surface area contributed by atoms with Crippen LogP contribution < -0.4 is 0 Å². The van der Waals surface area contributed by atoms with E-state index >= 15 is 0 Å². The maximum Gasteiger partial charge on any atom is 0.157 e. The third kappa shape index (κ3) is 3.31. The molecule has 1 N–H and O–H groups in total. The van der Waals surface area contributed by atoms with Crippen molar-refractivity contribution in [1.82, 2.24) is 9.97 Å². The minimum atomic E-state index is -0.523. The molecule has 4 nitrogen and oxygen atoms in total. The topological polar surface area (TPSA) is 55.2 Å². The molecule has 2 atom stereocenters. The number of aromatic nitrogens is 2. The molecule has 0 saturated heterocycles. The SMILES string of the molecule is COC(c1ncc([C@H](C)O)c(C)n1)C1CCCCC1. The van der Waals surface area contributed by atoms with Gasteiger partial charge in [0.15, 0.2) is 5.82 Å². The van der Waals surface area contributed by atoms with Crippen molar-refractivity contribution in [3.05, 3.63) is 23.3 Å². The summed E-state index contributed by atoms with van der Waals surface area (Å²) in [5.74, 6) is 1.28. The summed E-state index contributed by atoms with van der Waals surface area (Å²) < 4.78 is 5.64. The number of hydrogen-bond donors (Lipinski definition) is 1. The van der Waals surface area contributed by atoms with Crippen LogP contribution in [0.1, 0.15) is 68.3 Å². The van der Waals surface area contributed by atoms with E-state index in [2.05, 4.69) is 9.97 Å². The highest BCUT2D eigenvalue weighted by atomic mass is 16.5. The van der Waals surface area contributed by atoms with E-state index < -0.39 is 6.10 Å². The van der Waals surface area contributed by atoms with Gasteiger partial charge in [0.1, 0.15) is 6.10 Å². The quantitative estimate of drug-likeness (QED) is 0.908. The van der Waals surface area contributed by atoms with E-state index in [1.807, 2.05) is 6.92 Å². The lowest BCUT2D eigenvalue weighted by Gasteiger charge is -2.28. The highest BCUT2D eigenvalue weighted by molar-refractivity contribution is 5.19. The molecule has 2 rings (SSSR count). The van der Waals surface area contributed by atoms with Gasteiger partial charge in [-0.15, -0.1) is 0 Å². The third-order valence-corrected chi connectivity index (χ3v) is 4.07. The first-order valence-corrected chi connectivity index (χ1v) is 7.17. The molecular formula is C15H24N2O2. The lowest BCUT2D eigenvalue weighted by Crippen LogP contribution is -2.20. The first kappa shape index (κ1) is 14.4. The van der Waals surface area contributed by atoms with Crippen LogP contribution >= 0.6 is 0 Å². The Bertz CT molecular complexity index is 415. The van der Waals surface area contributed by atoms with Gasteiger partial charge in [-0.2, -0.15) is 0 Å². The largest absolute Gasteiger partial charge is 0.389 e. The lowest BCUT2D eigenvalue weighted by molar-refractivity contribution is 0.0286. The molecule has 1 aromatic rings. The van der Waals surface area contributed by atoms with E-state index in [4.69, 9.17) is 4.74 Å². The predicted molar refractivity (Wildman–Crippen MR) is 73.7 cm³/mol. The Hall–Kier alpha value is -1.00. The minimum absolute atomic E-state index is 0.0120. The molecule has 0 bridgehead atoms. The van der Waals surface area contributed by atoms with Gasteiger partial charge in [-0.1, -0.05) is 19.3 Å². The lowest BCUT2D eigenvalue weighted by atomic mass is 9.85. The Kier molecular flexibility index (Phi) is 4.88. The summed E-state index contributed by atoms with van der Waals surface area (Å²) in [4.78, 5) is 8.96. The average Bonchev–Trinajstić information content (AvgIpc) is 2.40. The van der Waals surface area contributed by atoms with Crippen molar-refractivity contribution >= 4 is 0 Å². The molecule has 1 aliphatic rings. The van der Waals surface area contributed by atoms with Crippen molar-refractivity contribution in [1.29, 1.82) is 0 Å². The first-order valence-electron chi connectivity index (χ1n) is 7.17. The fraction of sp³-hybridized carbons (Fsp3) is 0.733. The van der Waals surface area contributed by atoms with Crippen LogP contribution in [-0.4, -0.2) is 22.2 Å². The summed E-state index contributed by atoms with van der Waals surface area (Å²) in [6.45, 7) is 3.65. The number of nitrogens with zero attached hydrogens (tertiary/aromatic N) is 2. The van der Waals surface area contributed by atoms with Gasteiger partial charge >= 0.3 is 0 Å². The van der Waals surface area contributed by atoms with Gasteiger partial charge < -0.3 is 9.84 Å². The molecule has 0 aromatic carbocycles. The number of rotatable bonds is 4. The van der Waals surface area contributed by atoms with Crippen LogP contribution in [0.3, 0.4) is 0 Å². The predicted octanol–water partition coefficient (Wildman–Crippen LogP) is 3.11. The average molecular weight is 264 g/mol. The van der Waals surface area contributed by atoms with Crippen molar-refractivity contribution in [3.8, 4) is 0 Å². The van der Waals surface area contributed by atoms with Crippen molar-refractivity contribution in [2.75, 3.05) is 7.11 Å². The molecule has 0 aliphatic heterocycles. The van der Waals surface area contributed by atoms with Gasteiger partial charge in [0, 0.05) is 24.6 Å². The summed E-state index contributed by atoms with van der Waals surface area (Å²) in [6, 6.07) is 0. The Balaban J connectivity index is 2.20. The van der Waals surface area contributed by atoms with Gasteiger partial charge in [-0.25, -0.2) is 9.97 Å². The van der Waals surface area contributed by atoms with Crippen LogP contribution in [0.25, 0.3) is 0 Å². The number of ether oxygens (including phenoxy) is 1. The zero-order valence-corrected chi connectivity index (χ0v) is 12.1. The monoisotopic (exact) mass is 264 g/mol. The number of aryl methyl sites for hydroxylation is 1. The second-order valence-electron chi connectivity index (χ2n) is 5.50. The molecule has 1 saturated carbocycles. The van der Waals surface area contributed by atoms with Crippen LogP contribution in [0.5, 0.6) is 0 Å². The molecule has 1 aliphatic carbocycles. The highest BCUT2D eigenvalue weighted by Gasteiger charge is 2.27. The van der Waals surface area contributed by atoms with Gasteiger partial charge in [0.2, 0.25) is 0 Å². The van der Waals surface area contributed by atoms with Crippen molar-refractivity contribution < 1.29 is 9.84 Å². The summed E-state index contributed by atoms with van der Waals surface area (Å²) in [7, 11) is 1.74. The van der Waals surface area contributed by atoms with Gasteiger partial charge in [0.25, 0.3) is 0 Å². The molecule has 4 heteroatoms. The third-order valence-electron chi connectivity index (χ3n) is 4.07. The molecular weight excluding hydrogens is 240 g/mol. The van der Waals surface area contributed by atoms with E-state index in [1.165, 1.54) is 32.1 Å². The molecule has 19 heavy (non-hydrogen) atoms. The Morgan fingerprint density at radius 2 is 2.00 bits per heavy atom. The number of aliphatic hydroxyl groups excluding tert-OH is 1. The second kappa shape index (κ2) is 6.44. The Labute approximate surface area is 115 Å². The van der Waals surface area contributed by atoms with Crippen LogP contribution in [0, 0.1) is 12.8 Å². The summed E-state index contributed by atoms with van der Waals surface area (Å²) >= 11 is 0. The molecule has 1 aromatic heterocycles. The van der Waals surface area contributed by atoms with Crippen molar-refractivity contribution in [2.45, 2.75) is 58.2 Å². The molecule has 106 valence electrons. The van der Waals surface area contributed by atoms with E-state index in [-0.39, 0.29) is 6.10 Å². The van der Waals surface area contributed by atoms with E-state index in [1.54, 1.807) is 20.2 Å². The van der Waals surface area contributed by atoms with Gasteiger partial charge in [-0.3, -0.25) is 0 Å². The molecule has 0 radical (unpaired) electrons. The summed E-state index contributed by atoms with van der Waals surface area (Å²) in [5, 5.41) is 9.63. The first-order chi connectivity index (χ1) is 9.13. The summed E-state index contributed by atoms with van der Waals surface area (Å²) in [5.41, 5.74) is 1.64. The zero-order chi connectivity index (χ0) is 13.8. The van der Waals surface area contributed by atoms with E-state index in [0.717, 1.165) is 17.1 Å². The fourth-order valence-corrected chi connectivity index (χ4v) is 2.99. The van der Waals surface area contributed by atoms with Crippen LogP contribution in [0.15, 0.2) is 6.20 Å². The Morgan fingerprint density at radius 3 is 2.53 bits per heavy atom. The number of hydrogen-bond acceptors (Lipinski definition) is 4. The molecule has 1 fully saturated rings. The summed E-state index contributed by atoms with van der Waals surface area (Å²) in [6.07, 6.45) is 7.46. The van der Waals surface area contributed by atoms with E-state index in [9.17, 15) is 5.11 Å². The van der Waals surface area contributed by atoms with Gasteiger partial charge in [0.05, 0.1) is 6.10 Å². The van der Waals surface area contributed by atoms with E-state index in [0.29, 0.717) is 5.92 Å². The van der Waals surface area contributed by atoms with Crippen molar-refractivity contribution in [2.24, 2.45) is 5.92 Å². The minimum Gasteiger partial charge on any atom is -0.389 e. The fourth-order valence-electron chi connectivity index (χ4n) is 2.99. The van der Waals surface area contributed by atoms with Gasteiger partial charge in [-0.05, 0) is 32.6 Å². The van der Waals surface area contributed by atoms with Crippen LogP contribution in [0.4, 0.5) is 0 Å². The number of aliphatic hydroxyl groups is 1. The normalized spacial score (nSPS) is 20.2. The maximum atomic E-state index is 9.63. The highest BCUT2D eigenvalue weighted by Crippen LogP contribution is 2.35. The molecule has 0 spiro atoms. The van der Waals surface area contributed by atoms with Crippen LogP contribution in [0.2, 0.25) is 0 Å².